The number of hydrogen-bond donors (Lipinski definition) is 2. The van der Waals surface area contributed by atoms with Crippen molar-refractivity contribution in [2.75, 3.05) is 0 Å². The molecular formula is C19H26O3. The van der Waals surface area contributed by atoms with E-state index in [0.717, 1.165) is 24.8 Å². The van der Waals surface area contributed by atoms with Crippen LogP contribution in [0.25, 0.3) is 0 Å². The van der Waals surface area contributed by atoms with E-state index in [0.29, 0.717) is 30.3 Å². The lowest BCUT2D eigenvalue weighted by Crippen LogP contribution is -1.98. The molecule has 0 spiro atoms. The zero-order valence-electron chi connectivity index (χ0n) is 13.7. The van der Waals surface area contributed by atoms with E-state index in [1.165, 1.54) is 0 Å². The van der Waals surface area contributed by atoms with Crippen molar-refractivity contribution in [3.63, 3.8) is 0 Å². The molecule has 3 heteroatoms. The highest BCUT2D eigenvalue weighted by molar-refractivity contribution is 5.84. The summed E-state index contributed by atoms with van der Waals surface area (Å²) < 4.78 is 0. The first kappa shape index (κ1) is 18.0. The van der Waals surface area contributed by atoms with Crippen LogP contribution in [0.3, 0.4) is 0 Å². The fourth-order valence-electron chi connectivity index (χ4n) is 2.36. The molecule has 0 saturated carbocycles. The molecule has 0 bridgehead atoms. The van der Waals surface area contributed by atoms with Crippen LogP contribution in [0.5, 0.6) is 11.5 Å². The summed E-state index contributed by atoms with van der Waals surface area (Å²) in [6.45, 7) is 5.92. The Balaban J connectivity index is 2.96. The van der Waals surface area contributed by atoms with Crippen LogP contribution in [0.1, 0.15) is 61.5 Å². The van der Waals surface area contributed by atoms with Gasteiger partial charge >= 0.3 is 0 Å². The summed E-state index contributed by atoms with van der Waals surface area (Å²) in [7, 11) is 0. The van der Waals surface area contributed by atoms with Gasteiger partial charge < -0.3 is 10.2 Å². The van der Waals surface area contributed by atoms with Crippen LogP contribution in [0.2, 0.25) is 0 Å². The fraction of sp³-hybridized carbons (Fsp3) is 0.421. The lowest BCUT2D eigenvalue weighted by atomic mass is 9.95. The van der Waals surface area contributed by atoms with Crippen LogP contribution >= 0.6 is 0 Å². The smallest absolute Gasteiger partial charge is 0.154 e. The third kappa shape index (κ3) is 5.06. The van der Waals surface area contributed by atoms with Gasteiger partial charge in [0, 0.05) is 11.1 Å². The van der Waals surface area contributed by atoms with E-state index >= 15 is 0 Å². The average Bonchev–Trinajstić information content (AvgIpc) is 2.48. The summed E-state index contributed by atoms with van der Waals surface area (Å²) in [6, 6.07) is 1.57. The summed E-state index contributed by atoms with van der Waals surface area (Å²) in [4.78, 5) is 11.3. The first-order valence-corrected chi connectivity index (χ1v) is 7.77. The Morgan fingerprint density at radius 2 is 1.95 bits per heavy atom. The Labute approximate surface area is 133 Å². The summed E-state index contributed by atoms with van der Waals surface area (Å²) in [5.41, 5.74) is 2.48. The maximum atomic E-state index is 11.3. The lowest BCUT2D eigenvalue weighted by Gasteiger charge is -2.13. The third-order valence-electron chi connectivity index (χ3n) is 3.64. The molecule has 1 rings (SSSR count). The second kappa shape index (κ2) is 9.08. The number of phenols is 2. The monoisotopic (exact) mass is 302 g/mol. The number of benzene rings is 1. The van der Waals surface area contributed by atoms with Gasteiger partial charge in [0.1, 0.15) is 11.5 Å². The van der Waals surface area contributed by atoms with E-state index in [1.807, 2.05) is 32.9 Å². The number of aromatic hydroxyl groups is 2. The summed E-state index contributed by atoms with van der Waals surface area (Å²) in [5, 5.41) is 20.5. The number of aldehydes is 1. The van der Waals surface area contributed by atoms with Gasteiger partial charge in [0.05, 0.1) is 5.56 Å². The number of rotatable bonds is 8. The van der Waals surface area contributed by atoms with Crippen LogP contribution in [0.4, 0.5) is 0 Å². The molecule has 0 aliphatic carbocycles. The van der Waals surface area contributed by atoms with Crippen LogP contribution in [-0.4, -0.2) is 16.5 Å². The highest BCUT2D eigenvalue weighted by atomic mass is 16.3. The molecule has 0 atom stereocenters. The molecule has 1 aromatic carbocycles. The zero-order chi connectivity index (χ0) is 16.5. The first-order valence-electron chi connectivity index (χ1n) is 7.77. The Bertz CT molecular complexity index is 565. The number of carbonyl (C=O) groups is 1. The van der Waals surface area contributed by atoms with Gasteiger partial charge in [0.2, 0.25) is 0 Å². The molecule has 0 radical (unpaired) electrons. The van der Waals surface area contributed by atoms with Crippen molar-refractivity contribution in [1.29, 1.82) is 0 Å². The maximum Gasteiger partial charge on any atom is 0.154 e. The molecule has 3 nitrogen and oxygen atoms in total. The molecule has 120 valence electrons. The highest BCUT2D eigenvalue weighted by Crippen LogP contribution is 2.33. The predicted octanol–water partition coefficient (Wildman–Crippen LogP) is 4.71. The molecule has 0 aromatic heterocycles. The Kier molecular flexibility index (Phi) is 7.44. The van der Waals surface area contributed by atoms with E-state index in [4.69, 9.17) is 0 Å². The van der Waals surface area contributed by atoms with E-state index in [9.17, 15) is 15.0 Å². The van der Waals surface area contributed by atoms with Gasteiger partial charge in [0.25, 0.3) is 0 Å². The zero-order valence-corrected chi connectivity index (χ0v) is 13.7. The van der Waals surface area contributed by atoms with Crippen LogP contribution in [0.15, 0.2) is 29.9 Å². The SMILES string of the molecule is C/C=C/CCCCc1c(O)cc(CC=C(C)C)c(O)c1C=O. The topological polar surface area (TPSA) is 57.5 Å². The minimum atomic E-state index is -0.00578. The van der Waals surface area contributed by atoms with E-state index in [2.05, 4.69) is 6.08 Å². The molecule has 0 amide bonds. The van der Waals surface area contributed by atoms with Crippen molar-refractivity contribution in [1.82, 2.24) is 0 Å². The Hall–Kier alpha value is -2.03. The minimum absolute atomic E-state index is 0.00578. The van der Waals surface area contributed by atoms with Gasteiger partial charge in [0.15, 0.2) is 6.29 Å². The number of allylic oxidation sites excluding steroid dienone is 4. The normalized spacial score (nSPS) is 10.9. The number of phenolic OH excluding ortho intramolecular Hbond substituents is 2. The largest absolute Gasteiger partial charge is 0.508 e. The van der Waals surface area contributed by atoms with Gasteiger partial charge in [-0.05, 0) is 58.9 Å². The van der Waals surface area contributed by atoms with Crippen molar-refractivity contribution < 1.29 is 15.0 Å². The molecule has 22 heavy (non-hydrogen) atoms. The van der Waals surface area contributed by atoms with E-state index in [-0.39, 0.29) is 17.1 Å². The van der Waals surface area contributed by atoms with Crippen LogP contribution < -0.4 is 0 Å². The van der Waals surface area contributed by atoms with E-state index in [1.54, 1.807) is 6.07 Å². The number of unbranched alkanes of at least 4 members (excludes halogenated alkanes) is 2. The molecule has 0 heterocycles. The summed E-state index contributed by atoms with van der Waals surface area (Å²) in [6.07, 6.45) is 10.6. The summed E-state index contributed by atoms with van der Waals surface area (Å²) in [5.74, 6) is 0.0943. The van der Waals surface area contributed by atoms with Crippen LogP contribution in [0, 0.1) is 0 Å². The van der Waals surface area contributed by atoms with Crippen molar-refractivity contribution in [2.24, 2.45) is 0 Å². The molecule has 0 fully saturated rings. The van der Waals surface area contributed by atoms with Crippen LogP contribution in [-0.2, 0) is 12.8 Å². The molecule has 0 saturated heterocycles. The second-order valence-corrected chi connectivity index (χ2v) is 5.71. The molecule has 0 aliphatic rings. The fourth-order valence-corrected chi connectivity index (χ4v) is 2.36. The third-order valence-corrected chi connectivity index (χ3v) is 3.64. The van der Waals surface area contributed by atoms with Crippen molar-refractivity contribution in [2.45, 2.75) is 52.9 Å². The Morgan fingerprint density at radius 1 is 1.23 bits per heavy atom. The second-order valence-electron chi connectivity index (χ2n) is 5.71. The van der Waals surface area contributed by atoms with Crippen molar-refractivity contribution in [3.05, 3.63) is 46.6 Å². The molecule has 0 unspecified atom stereocenters. The first-order chi connectivity index (χ1) is 10.5. The highest BCUT2D eigenvalue weighted by Gasteiger charge is 2.16. The maximum absolute atomic E-state index is 11.3. The average molecular weight is 302 g/mol. The van der Waals surface area contributed by atoms with Gasteiger partial charge in [-0.3, -0.25) is 4.79 Å². The molecule has 1 aromatic rings. The number of hydrogen-bond acceptors (Lipinski definition) is 3. The summed E-state index contributed by atoms with van der Waals surface area (Å²) >= 11 is 0. The van der Waals surface area contributed by atoms with Crippen molar-refractivity contribution >= 4 is 6.29 Å². The van der Waals surface area contributed by atoms with Crippen molar-refractivity contribution in [3.8, 4) is 11.5 Å². The predicted molar refractivity (Wildman–Crippen MR) is 90.7 cm³/mol. The van der Waals surface area contributed by atoms with Gasteiger partial charge in [-0.25, -0.2) is 0 Å². The van der Waals surface area contributed by atoms with Gasteiger partial charge in [-0.1, -0.05) is 23.8 Å². The van der Waals surface area contributed by atoms with E-state index < -0.39 is 0 Å². The molecular weight excluding hydrogens is 276 g/mol. The Morgan fingerprint density at radius 3 is 2.55 bits per heavy atom. The number of carbonyl (C=O) groups excluding carboxylic acids is 1. The molecule has 0 aliphatic heterocycles. The van der Waals surface area contributed by atoms with Gasteiger partial charge in [-0.2, -0.15) is 0 Å². The van der Waals surface area contributed by atoms with Gasteiger partial charge in [-0.15, -0.1) is 0 Å². The lowest BCUT2D eigenvalue weighted by molar-refractivity contribution is 0.111. The minimum Gasteiger partial charge on any atom is -0.508 e. The molecule has 2 N–H and O–H groups in total. The quantitative estimate of drug-likeness (QED) is 0.316. The standard InChI is InChI=1S/C19H26O3/c1-4-5-6-7-8-9-16-17(13-20)19(22)15(12-18(16)21)11-10-14(2)3/h4-5,10,12-13,21-22H,6-9,11H2,1-3H3/b5-4+.